The van der Waals surface area contributed by atoms with Gasteiger partial charge in [-0.05, 0) is 93.3 Å². The third-order valence-corrected chi connectivity index (χ3v) is 12.0. The van der Waals surface area contributed by atoms with Gasteiger partial charge in [-0.2, -0.15) is 0 Å². The zero-order chi connectivity index (χ0) is 38.9. The molecule has 0 unspecified atom stereocenters. The maximum absolute atomic E-state index is 6.78. The number of furan rings is 1. The fourth-order valence-electron chi connectivity index (χ4n) is 9.30. The van der Waals surface area contributed by atoms with E-state index >= 15 is 0 Å². The third-order valence-electron chi connectivity index (χ3n) is 12.0. The lowest BCUT2D eigenvalue weighted by Crippen LogP contribution is -2.10. The van der Waals surface area contributed by atoms with E-state index in [4.69, 9.17) is 4.42 Å². The maximum Gasteiger partial charge on any atom is 0.145 e. The molecule has 2 aromatic heterocycles. The van der Waals surface area contributed by atoms with Crippen molar-refractivity contribution < 1.29 is 4.42 Å². The number of anilines is 3. The number of fused-ring (bicyclic) bond motifs is 9. The van der Waals surface area contributed by atoms with Crippen LogP contribution >= 0.6 is 0 Å². The number of hydrogen-bond acceptors (Lipinski definition) is 2. The number of nitrogens with zero attached hydrogens (tertiary/aromatic N) is 2. The Morgan fingerprint density at radius 1 is 0.390 bits per heavy atom. The van der Waals surface area contributed by atoms with Crippen molar-refractivity contribution in [2.24, 2.45) is 0 Å². The van der Waals surface area contributed by atoms with Crippen LogP contribution in [0.3, 0.4) is 0 Å². The summed E-state index contributed by atoms with van der Waals surface area (Å²) in [7, 11) is 0. The summed E-state index contributed by atoms with van der Waals surface area (Å²) < 4.78 is 9.19. The number of rotatable bonds is 6. The molecule has 3 heteroatoms. The zero-order valence-corrected chi connectivity index (χ0v) is 32.1. The average molecular weight is 753 g/mol. The number of benzene rings is 10. The second-order valence-electron chi connectivity index (χ2n) is 15.3. The Labute approximate surface area is 341 Å². The van der Waals surface area contributed by atoms with Gasteiger partial charge in [0, 0.05) is 44.3 Å². The highest BCUT2D eigenvalue weighted by molar-refractivity contribution is 6.18. The minimum Gasteiger partial charge on any atom is -0.455 e. The van der Waals surface area contributed by atoms with E-state index in [1.807, 2.05) is 0 Å². The van der Waals surface area contributed by atoms with Crippen molar-refractivity contribution in [1.82, 2.24) is 4.57 Å². The predicted octanol–water partition coefficient (Wildman–Crippen LogP) is 15.8. The topological polar surface area (TPSA) is 21.3 Å². The summed E-state index contributed by atoms with van der Waals surface area (Å²) in [5.41, 5.74) is 13.0. The molecular weight excluding hydrogens is 717 g/mol. The molecule has 0 N–H and O–H groups in total. The fourth-order valence-corrected chi connectivity index (χ4v) is 9.30. The molecule has 0 saturated carbocycles. The van der Waals surface area contributed by atoms with Crippen LogP contribution < -0.4 is 4.90 Å². The Morgan fingerprint density at radius 2 is 1.03 bits per heavy atom. The molecule has 10 aromatic carbocycles. The molecule has 0 aliphatic carbocycles. The van der Waals surface area contributed by atoms with E-state index in [-0.39, 0.29) is 0 Å². The van der Waals surface area contributed by atoms with Gasteiger partial charge in [0.15, 0.2) is 0 Å². The molecule has 0 spiro atoms. The summed E-state index contributed by atoms with van der Waals surface area (Å²) in [4.78, 5) is 2.40. The molecule has 0 aliphatic heterocycles. The maximum atomic E-state index is 6.78. The second kappa shape index (κ2) is 13.4. The Bertz CT molecular complexity index is 3540. The van der Waals surface area contributed by atoms with Gasteiger partial charge in [0.25, 0.3) is 0 Å². The van der Waals surface area contributed by atoms with Gasteiger partial charge in [-0.25, -0.2) is 0 Å². The van der Waals surface area contributed by atoms with Gasteiger partial charge in [-0.1, -0.05) is 158 Å². The minimum atomic E-state index is 0.870. The Morgan fingerprint density at radius 3 is 1.88 bits per heavy atom. The SMILES string of the molecule is c1ccc(-c2ccc(N(c3ccc(-c4cccc5c6ccccc6n(-c6ccccc6)c45)cc3)c3ccc4c(ccc5ccccc54)c3)c3c2oc2ccccc23)cc1. The van der Waals surface area contributed by atoms with Crippen LogP contribution in [-0.4, -0.2) is 4.57 Å². The van der Waals surface area contributed by atoms with E-state index in [0.717, 1.165) is 61.4 Å². The van der Waals surface area contributed by atoms with Crippen molar-refractivity contribution >= 4 is 82.4 Å². The smallest absolute Gasteiger partial charge is 0.145 e. The van der Waals surface area contributed by atoms with Gasteiger partial charge in [0.05, 0.1) is 22.1 Å². The first-order chi connectivity index (χ1) is 29.3. The lowest BCUT2D eigenvalue weighted by Gasteiger charge is -2.27. The number of aromatic nitrogens is 1. The van der Waals surface area contributed by atoms with Gasteiger partial charge >= 0.3 is 0 Å². The molecular formula is C56H36N2O. The summed E-state index contributed by atoms with van der Waals surface area (Å²) in [5, 5.41) is 9.58. The summed E-state index contributed by atoms with van der Waals surface area (Å²) in [5.74, 6) is 0. The minimum absolute atomic E-state index is 0.870. The molecule has 12 rings (SSSR count). The molecule has 276 valence electrons. The van der Waals surface area contributed by atoms with Crippen molar-refractivity contribution in [3.63, 3.8) is 0 Å². The molecule has 12 aromatic rings. The van der Waals surface area contributed by atoms with Crippen LogP contribution in [0.2, 0.25) is 0 Å². The van der Waals surface area contributed by atoms with Gasteiger partial charge in [-0.15, -0.1) is 0 Å². The van der Waals surface area contributed by atoms with Gasteiger partial charge in [0.1, 0.15) is 11.2 Å². The van der Waals surface area contributed by atoms with Crippen molar-refractivity contribution in [3.05, 3.63) is 218 Å². The van der Waals surface area contributed by atoms with Crippen LogP contribution in [0, 0.1) is 0 Å². The fraction of sp³-hybridized carbons (Fsp3) is 0. The highest BCUT2D eigenvalue weighted by atomic mass is 16.3. The molecule has 0 saturated heterocycles. The summed E-state index contributed by atoms with van der Waals surface area (Å²) in [6, 6.07) is 78.6. The predicted molar refractivity (Wildman–Crippen MR) is 249 cm³/mol. The molecule has 3 nitrogen and oxygen atoms in total. The van der Waals surface area contributed by atoms with E-state index in [2.05, 4.69) is 228 Å². The van der Waals surface area contributed by atoms with E-state index in [9.17, 15) is 0 Å². The molecule has 0 atom stereocenters. The van der Waals surface area contributed by atoms with Gasteiger partial charge in [-0.3, -0.25) is 0 Å². The van der Waals surface area contributed by atoms with Crippen molar-refractivity contribution in [3.8, 4) is 27.9 Å². The summed E-state index contributed by atoms with van der Waals surface area (Å²) in [6.45, 7) is 0. The third kappa shape index (κ3) is 5.29. The summed E-state index contributed by atoms with van der Waals surface area (Å²) >= 11 is 0. The molecule has 59 heavy (non-hydrogen) atoms. The van der Waals surface area contributed by atoms with Gasteiger partial charge in [0.2, 0.25) is 0 Å². The zero-order valence-electron chi connectivity index (χ0n) is 32.1. The largest absolute Gasteiger partial charge is 0.455 e. The van der Waals surface area contributed by atoms with Crippen molar-refractivity contribution in [2.75, 3.05) is 4.90 Å². The van der Waals surface area contributed by atoms with Crippen LogP contribution in [0.15, 0.2) is 223 Å². The van der Waals surface area contributed by atoms with Crippen LogP contribution in [0.4, 0.5) is 17.1 Å². The van der Waals surface area contributed by atoms with E-state index < -0.39 is 0 Å². The summed E-state index contributed by atoms with van der Waals surface area (Å²) in [6.07, 6.45) is 0. The van der Waals surface area contributed by atoms with Crippen molar-refractivity contribution in [2.45, 2.75) is 0 Å². The monoisotopic (exact) mass is 752 g/mol. The highest BCUT2D eigenvalue weighted by Gasteiger charge is 2.23. The van der Waals surface area contributed by atoms with Crippen LogP contribution in [0.25, 0.3) is 93.2 Å². The van der Waals surface area contributed by atoms with Crippen LogP contribution in [0.5, 0.6) is 0 Å². The normalized spacial score (nSPS) is 11.7. The van der Waals surface area contributed by atoms with Crippen molar-refractivity contribution in [1.29, 1.82) is 0 Å². The molecule has 0 fully saturated rings. The van der Waals surface area contributed by atoms with Crippen LogP contribution in [0.1, 0.15) is 0 Å². The Hall–Kier alpha value is -7.88. The van der Waals surface area contributed by atoms with Gasteiger partial charge < -0.3 is 13.9 Å². The molecule has 0 radical (unpaired) electrons. The first-order valence-electron chi connectivity index (χ1n) is 20.2. The first-order valence-corrected chi connectivity index (χ1v) is 20.2. The quantitative estimate of drug-likeness (QED) is 0.158. The molecule has 0 bridgehead atoms. The lowest BCUT2D eigenvalue weighted by molar-refractivity contribution is 0.670. The van der Waals surface area contributed by atoms with E-state index in [0.29, 0.717) is 0 Å². The highest BCUT2D eigenvalue weighted by Crippen LogP contribution is 2.47. The Balaban J connectivity index is 1.09. The molecule has 0 aliphatic rings. The van der Waals surface area contributed by atoms with Crippen LogP contribution in [-0.2, 0) is 0 Å². The standard InChI is InChI=1S/C56H36N2O/c1-3-14-37(15-4-1)47-34-35-52(54-50-21-10-12-25-53(50)59-56(47)54)57(43-32-33-45-40(36-43)27-26-38-16-7-8-19-44(38)45)42-30-28-39(29-31-42)46-22-13-23-49-48-20-9-11-24-51(48)58(55(46)49)41-17-5-2-6-18-41/h1-36H. The first kappa shape index (κ1) is 33.3. The molecule has 0 amide bonds. The number of hydrogen-bond donors (Lipinski definition) is 0. The number of para-hydroxylation sites is 4. The van der Waals surface area contributed by atoms with E-state index in [1.165, 1.54) is 48.9 Å². The van der Waals surface area contributed by atoms with E-state index in [1.54, 1.807) is 0 Å². The average Bonchev–Trinajstić information content (AvgIpc) is 3.87. The molecule has 2 heterocycles. The second-order valence-corrected chi connectivity index (χ2v) is 15.3. The lowest BCUT2D eigenvalue weighted by atomic mass is 9.98. The Kier molecular flexibility index (Phi) is 7.54.